The summed E-state index contributed by atoms with van der Waals surface area (Å²) in [7, 11) is 0. The first-order chi connectivity index (χ1) is 9.24. The molecule has 0 saturated carbocycles. The van der Waals surface area contributed by atoms with Gasteiger partial charge in [-0.05, 0) is 31.2 Å². The molecule has 0 radical (unpaired) electrons. The van der Waals surface area contributed by atoms with Crippen molar-refractivity contribution in [1.82, 2.24) is 0 Å². The van der Waals surface area contributed by atoms with Crippen molar-refractivity contribution < 1.29 is 23.1 Å². The molecular formula is C15H13F3O2. The van der Waals surface area contributed by atoms with E-state index in [-0.39, 0.29) is 0 Å². The second kappa shape index (κ2) is 6.40. The highest BCUT2D eigenvalue weighted by Crippen LogP contribution is 2.34. The Bertz CT molecular complexity index is 550. The Labute approximate surface area is 114 Å². The normalized spacial score (nSPS) is 14.4. The van der Waals surface area contributed by atoms with Gasteiger partial charge in [-0.15, -0.1) is 0 Å². The third kappa shape index (κ3) is 4.56. The molecule has 0 amide bonds. The van der Waals surface area contributed by atoms with Gasteiger partial charge in [-0.3, -0.25) is 4.79 Å². The molecule has 106 valence electrons. The third-order valence-electron chi connectivity index (χ3n) is 2.44. The van der Waals surface area contributed by atoms with Crippen molar-refractivity contribution in [3.63, 3.8) is 0 Å². The highest BCUT2D eigenvalue weighted by atomic mass is 19.4. The molecule has 0 fully saturated rings. The number of halogens is 3. The van der Waals surface area contributed by atoms with Crippen molar-refractivity contribution in [2.24, 2.45) is 0 Å². The molecule has 2 nitrogen and oxygen atoms in total. The van der Waals surface area contributed by atoms with Crippen molar-refractivity contribution in [3.05, 3.63) is 48.0 Å². The largest absolute Gasteiger partial charge is 0.421 e. The Morgan fingerprint density at radius 1 is 1.30 bits per heavy atom. The molecule has 20 heavy (non-hydrogen) atoms. The second-order valence-electron chi connectivity index (χ2n) is 4.27. The quantitative estimate of drug-likeness (QED) is 0.866. The number of allylic oxidation sites excluding steroid dienone is 1. The Hall–Kier alpha value is -2.06. The number of carbonyl (C=O) groups excluding carboxylic acids is 1. The zero-order valence-corrected chi connectivity index (χ0v) is 10.7. The zero-order valence-electron chi connectivity index (χ0n) is 10.7. The van der Waals surface area contributed by atoms with Crippen molar-refractivity contribution in [3.8, 4) is 11.8 Å². The summed E-state index contributed by atoms with van der Waals surface area (Å²) in [6, 6.07) is 8.68. The molecule has 0 bridgehead atoms. The predicted molar refractivity (Wildman–Crippen MR) is 68.8 cm³/mol. The minimum atomic E-state index is -4.93. The fraction of sp³-hybridized carbons (Fsp3) is 0.267. The lowest BCUT2D eigenvalue weighted by molar-refractivity contribution is -0.240. The molecular weight excluding hydrogens is 269 g/mol. The number of hydrogen-bond donors (Lipinski definition) is 1. The van der Waals surface area contributed by atoms with Gasteiger partial charge in [-0.25, -0.2) is 0 Å². The van der Waals surface area contributed by atoms with E-state index in [9.17, 15) is 23.1 Å². The van der Waals surface area contributed by atoms with Crippen LogP contribution in [-0.2, 0) is 4.79 Å². The summed E-state index contributed by atoms with van der Waals surface area (Å²) < 4.78 is 38.1. The first kappa shape index (κ1) is 16.0. The zero-order chi connectivity index (χ0) is 15.2. The van der Waals surface area contributed by atoms with Gasteiger partial charge in [0.05, 0.1) is 0 Å². The van der Waals surface area contributed by atoms with Crippen LogP contribution in [-0.4, -0.2) is 22.7 Å². The number of ketones is 1. The van der Waals surface area contributed by atoms with Gasteiger partial charge in [0.15, 0.2) is 5.60 Å². The fourth-order valence-corrected chi connectivity index (χ4v) is 1.46. The van der Waals surface area contributed by atoms with Crippen LogP contribution < -0.4 is 0 Å². The molecule has 1 aromatic rings. The third-order valence-corrected chi connectivity index (χ3v) is 2.44. The number of hydrogen-bond acceptors (Lipinski definition) is 2. The van der Waals surface area contributed by atoms with Gasteiger partial charge in [0.1, 0.15) is 5.78 Å². The number of aliphatic hydroxyl groups is 1. The maximum absolute atomic E-state index is 12.7. The van der Waals surface area contributed by atoms with E-state index in [0.717, 1.165) is 13.0 Å². The topological polar surface area (TPSA) is 37.3 Å². The molecule has 0 aliphatic heterocycles. The Balaban J connectivity index is 2.89. The van der Waals surface area contributed by atoms with Crippen LogP contribution in [0.5, 0.6) is 0 Å². The SMILES string of the molecule is CC(=O)C[C@](O)(/C=C/C#Cc1ccccc1)C(F)(F)F. The van der Waals surface area contributed by atoms with Gasteiger partial charge >= 0.3 is 6.18 Å². The lowest BCUT2D eigenvalue weighted by Gasteiger charge is -2.25. The van der Waals surface area contributed by atoms with Crippen molar-refractivity contribution in [1.29, 1.82) is 0 Å². The Morgan fingerprint density at radius 3 is 2.40 bits per heavy atom. The van der Waals surface area contributed by atoms with Crippen LogP contribution >= 0.6 is 0 Å². The molecule has 0 aliphatic carbocycles. The van der Waals surface area contributed by atoms with E-state index in [2.05, 4.69) is 11.8 Å². The number of Topliss-reactive ketones (excluding diaryl/α,β-unsaturated/α-hetero) is 1. The summed E-state index contributed by atoms with van der Waals surface area (Å²) in [4.78, 5) is 10.8. The highest BCUT2D eigenvalue weighted by Gasteiger charge is 2.52. The average Bonchev–Trinajstić information content (AvgIpc) is 2.34. The van der Waals surface area contributed by atoms with Crippen LogP contribution in [0, 0.1) is 11.8 Å². The molecule has 0 spiro atoms. The molecule has 1 atom stereocenters. The van der Waals surface area contributed by atoms with Crippen LogP contribution in [0.15, 0.2) is 42.5 Å². The molecule has 1 aromatic carbocycles. The van der Waals surface area contributed by atoms with Gasteiger partial charge in [0.25, 0.3) is 0 Å². The van der Waals surface area contributed by atoms with E-state index in [0.29, 0.717) is 11.6 Å². The summed E-state index contributed by atoms with van der Waals surface area (Å²) in [5, 5.41) is 9.51. The lowest BCUT2D eigenvalue weighted by atomic mass is 9.96. The second-order valence-corrected chi connectivity index (χ2v) is 4.27. The molecule has 0 aromatic heterocycles. The van der Waals surface area contributed by atoms with Crippen LogP contribution in [0.3, 0.4) is 0 Å². The van der Waals surface area contributed by atoms with E-state index in [1.54, 1.807) is 30.3 Å². The molecule has 0 unspecified atom stereocenters. The summed E-state index contributed by atoms with van der Waals surface area (Å²) in [6.07, 6.45) is -4.54. The predicted octanol–water partition coefficient (Wildman–Crippen LogP) is 2.87. The highest BCUT2D eigenvalue weighted by molar-refractivity contribution is 5.77. The summed E-state index contributed by atoms with van der Waals surface area (Å²) >= 11 is 0. The number of alkyl halides is 3. The number of benzene rings is 1. The van der Waals surface area contributed by atoms with Gasteiger partial charge in [-0.2, -0.15) is 13.2 Å². The maximum atomic E-state index is 12.7. The monoisotopic (exact) mass is 282 g/mol. The van der Waals surface area contributed by atoms with Crippen LogP contribution in [0.4, 0.5) is 13.2 Å². The van der Waals surface area contributed by atoms with Gasteiger partial charge < -0.3 is 5.11 Å². The number of rotatable bonds is 3. The Kier molecular flexibility index (Phi) is 5.12. The van der Waals surface area contributed by atoms with Gasteiger partial charge in [-0.1, -0.05) is 30.0 Å². The van der Waals surface area contributed by atoms with E-state index >= 15 is 0 Å². The van der Waals surface area contributed by atoms with Crippen LogP contribution in [0.25, 0.3) is 0 Å². The number of carbonyl (C=O) groups is 1. The molecule has 1 N–H and O–H groups in total. The Morgan fingerprint density at radius 2 is 1.90 bits per heavy atom. The fourth-order valence-electron chi connectivity index (χ4n) is 1.46. The minimum Gasteiger partial charge on any atom is -0.376 e. The van der Waals surface area contributed by atoms with Crippen LogP contribution in [0.1, 0.15) is 18.9 Å². The van der Waals surface area contributed by atoms with Crippen molar-refractivity contribution >= 4 is 5.78 Å². The van der Waals surface area contributed by atoms with Crippen LogP contribution in [0.2, 0.25) is 0 Å². The van der Waals surface area contributed by atoms with E-state index in [4.69, 9.17) is 0 Å². The summed E-state index contributed by atoms with van der Waals surface area (Å²) in [6.45, 7) is 0.986. The van der Waals surface area contributed by atoms with Crippen molar-refractivity contribution in [2.75, 3.05) is 0 Å². The minimum absolute atomic E-state index is 0.504. The van der Waals surface area contributed by atoms with E-state index in [1.807, 2.05) is 0 Å². The summed E-state index contributed by atoms with van der Waals surface area (Å²) in [5.41, 5.74) is -2.54. The first-order valence-corrected chi connectivity index (χ1v) is 5.77. The van der Waals surface area contributed by atoms with Gasteiger partial charge in [0.2, 0.25) is 0 Å². The maximum Gasteiger partial charge on any atom is 0.421 e. The first-order valence-electron chi connectivity index (χ1n) is 5.77. The molecule has 0 heterocycles. The molecule has 5 heteroatoms. The lowest BCUT2D eigenvalue weighted by Crippen LogP contribution is -2.44. The summed E-state index contributed by atoms with van der Waals surface area (Å²) in [5.74, 6) is 4.26. The van der Waals surface area contributed by atoms with E-state index < -0.39 is 24.0 Å². The molecule has 1 rings (SSSR count). The average molecular weight is 282 g/mol. The van der Waals surface area contributed by atoms with Crippen molar-refractivity contribution in [2.45, 2.75) is 25.1 Å². The molecule has 0 aliphatic rings. The molecule has 0 saturated heterocycles. The standard InChI is InChI=1S/C15H13F3O2/c1-12(19)11-14(20,15(16,17)18)10-6-5-9-13-7-3-2-4-8-13/h2-4,6-8,10,20H,11H2,1H3/b10-6+/t14-/m1/s1. The smallest absolute Gasteiger partial charge is 0.376 e. The van der Waals surface area contributed by atoms with Gasteiger partial charge in [0, 0.05) is 12.0 Å². The van der Waals surface area contributed by atoms with E-state index in [1.165, 1.54) is 0 Å².